The van der Waals surface area contributed by atoms with Crippen molar-refractivity contribution in [3.05, 3.63) is 41.6 Å². The second-order valence-corrected chi connectivity index (χ2v) is 4.11. The zero-order chi connectivity index (χ0) is 13.1. The average molecular weight is 246 g/mol. The van der Waals surface area contributed by atoms with E-state index in [1.54, 1.807) is 12.3 Å². The van der Waals surface area contributed by atoms with Crippen LogP contribution in [0, 0.1) is 12.7 Å². The molecule has 0 saturated carbocycles. The number of nitrogens with zero attached hydrogens (tertiary/aromatic N) is 3. The van der Waals surface area contributed by atoms with E-state index in [-0.39, 0.29) is 11.9 Å². The van der Waals surface area contributed by atoms with Crippen LogP contribution in [0.2, 0.25) is 0 Å². The fourth-order valence-corrected chi connectivity index (χ4v) is 1.69. The molecule has 1 unspecified atom stereocenters. The van der Waals surface area contributed by atoms with Crippen molar-refractivity contribution in [2.24, 2.45) is 0 Å². The molecule has 2 heterocycles. The molecule has 0 aliphatic heterocycles. The minimum Gasteiger partial charge on any atom is -0.313 e. The molecule has 2 rings (SSSR count). The molecule has 0 fully saturated rings. The Bertz CT molecular complexity index is 539. The molecule has 0 spiro atoms. The van der Waals surface area contributed by atoms with Gasteiger partial charge in [0.1, 0.15) is 11.5 Å². The molecular formula is C13H15FN4. The van der Waals surface area contributed by atoms with Gasteiger partial charge in [-0.15, -0.1) is 0 Å². The van der Waals surface area contributed by atoms with E-state index in [1.807, 2.05) is 20.9 Å². The van der Waals surface area contributed by atoms with Gasteiger partial charge < -0.3 is 5.32 Å². The van der Waals surface area contributed by atoms with Gasteiger partial charge in [-0.05, 0) is 33.0 Å². The van der Waals surface area contributed by atoms with Crippen LogP contribution in [-0.4, -0.2) is 22.0 Å². The molecule has 4 nitrogen and oxygen atoms in total. The number of rotatable bonds is 3. The molecule has 1 atom stereocenters. The number of aromatic nitrogens is 3. The lowest BCUT2D eigenvalue weighted by Crippen LogP contribution is -2.15. The van der Waals surface area contributed by atoms with Gasteiger partial charge in [-0.2, -0.15) is 0 Å². The van der Waals surface area contributed by atoms with Gasteiger partial charge in [-0.25, -0.2) is 19.3 Å². The van der Waals surface area contributed by atoms with Crippen molar-refractivity contribution in [2.75, 3.05) is 7.05 Å². The highest BCUT2D eigenvalue weighted by Gasteiger charge is 2.10. The molecule has 1 N–H and O–H groups in total. The summed E-state index contributed by atoms with van der Waals surface area (Å²) in [5, 5.41) is 3.14. The van der Waals surface area contributed by atoms with Crippen molar-refractivity contribution in [3.8, 4) is 11.5 Å². The lowest BCUT2D eigenvalue weighted by atomic mass is 10.1. The van der Waals surface area contributed by atoms with Gasteiger partial charge in [-0.3, -0.25) is 0 Å². The van der Waals surface area contributed by atoms with Crippen molar-refractivity contribution in [3.63, 3.8) is 0 Å². The molecule has 0 saturated heterocycles. The predicted octanol–water partition coefficient (Wildman–Crippen LogP) is 2.27. The highest BCUT2D eigenvalue weighted by molar-refractivity contribution is 5.49. The normalized spacial score (nSPS) is 12.4. The molecule has 5 heteroatoms. The minimum atomic E-state index is -0.365. The fourth-order valence-electron chi connectivity index (χ4n) is 1.69. The van der Waals surface area contributed by atoms with E-state index in [0.717, 1.165) is 17.5 Å². The van der Waals surface area contributed by atoms with Gasteiger partial charge in [0.25, 0.3) is 0 Å². The highest BCUT2D eigenvalue weighted by Crippen LogP contribution is 2.18. The SMILES string of the molecule is CNC(C)c1cnc(-c2ccc(F)cn2)nc1C. The van der Waals surface area contributed by atoms with Crippen LogP contribution in [0.25, 0.3) is 11.5 Å². The van der Waals surface area contributed by atoms with Crippen molar-refractivity contribution in [1.82, 2.24) is 20.3 Å². The lowest BCUT2D eigenvalue weighted by molar-refractivity contribution is 0.621. The number of hydrogen-bond acceptors (Lipinski definition) is 4. The smallest absolute Gasteiger partial charge is 0.178 e. The standard InChI is InChI=1S/C13H15FN4/c1-8(15-3)11-7-17-13(18-9(11)2)12-5-4-10(14)6-16-12/h4-8,15H,1-3H3. The second-order valence-electron chi connectivity index (χ2n) is 4.11. The molecule has 2 aromatic heterocycles. The average Bonchev–Trinajstić information content (AvgIpc) is 2.38. The highest BCUT2D eigenvalue weighted by atomic mass is 19.1. The van der Waals surface area contributed by atoms with E-state index in [4.69, 9.17) is 0 Å². The zero-order valence-electron chi connectivity index (χ0n) is 10.6. The van der Waals surface area contributed by atoms with E-state index < -0.39 is 0 Å². The van der Waals surface area contributed by atoms with Crippen molar-refractivity contribution in [1.29, 1.82) is 0 Å². The molecule has 0 bridgehead atoms. The Morgan fingerprint density at radius 3 is 2.56 bits per heavy atom. The van der Waals surface area contributed by atoms with Crippen LogP contribution in [-0.2, 0) is 0 Å². The summed E-state index contributed by atoms with van der Waals surface area (Å²) in [6.07, 6.45) is 2.95. The summed E-state index contributed by atoms with van der Waals surface area (Å²) in [7, 11) is 1.89. The van der Waals surface area contributed by atoms with Gasteiger partial charge in [0, 0.05) is 23.5 Å². The first-order valence-corrected chi connectivity index (χ1v) is 5.74. The molecule has 18 heavy (non-hydrogen) atoms. The third-order valence-electron chi connectivity index (χ3n) is 2.87. The number of nitrogens with one attached hydrogen (secondary N) is 1. The molecule has 0 amide bonds. The molecule has 0 aliphatic rings. The van der Waals surface area contributed by atoms with Crippen molar-refractivity contribution in [2.45, 2.75) is 19.9 Å². The van der Waals surface area contributed by atoms with Gasteiger partial charge >= 0.3 is 0 Å². The largest absolute Gasteiger partial charge is 0.313 e. The summed E-state index contributed by atoms with van der Waals surface area (Å²) in [4.78, 5) is 12.6. The number of pyridine rings is 1. The monoisotopic (exact) mass is 246 g/mol. The maximum atomic E-state index is 12.8. The second kappa shape index (κ2) is 5.18. The van der Waals surface area contributed by atoms with Crippen LogP contribution >= 0.6 is 0 Å². The van der Waals surface area contributed by atoms with Crippen molar-refractivity contribution < 1.29 is 4.39 Å². The Balaban J connectivity index is 2.37. The molecular weight excluding hydrogens is 231 g/mol. The van der Waals surface area contributed by atoms with Crippen molar-refractivity contribution >= 4 is 0 Å². The van der Waals surface area contributed by atoms with Crippen LogP contribution in [0.1, 0.15) is 24.2 Å². The first-order valence-electron chi connectivity index (χ1n) is 5.74. The lowest BCUT2D eigenvalue weighted by Gasteiger charge is -2.13. The van der Waals surface area contributed by atoms with Crippen LogP contribution < -0.4 is 5.32 Å². The Kier molecular flexibility index (Phi) is 3.62. The molecule has 0 aromatic carbocycles. The van der Waals surface area contributed by atoms with E-state index in [1.165, 1.54) is 6.07 Å². The van der Waals surface area contributed by atoms with E-state index in [9.17, 15) is 4.39 Å². The topological polar surface area (TPSA) is 50.7 Å². The number of hydrogen-bond donors (Lipinski definition) is 1. The quantitative estimate of drug-likeness (QED) is 0.902. The van der Waals surface area contributed by atoms with E-state index >= 15 is 0 Å². The Morgan fingerprint density at radius 1 is 1.22 bits per heavy atom. The summed E-state index contributed by atoms with van der Waals surface area (Å²) in [5.41, 5.74) is 2.51. The molecule has 0 aliphatic carbocycles. The molecule has 94 valence electrons. The van der Waals surface area contributed by atoms with Crippen LogP contribution in [0.15, 0.2) is 24.5 Å². The Hall–Kier alpha value is -1.88. The third-order valence-corrected chi connectivity index (χ3v) is 2.87. The van der Waals surface area contributed by atoms with E-state index in [0.29, 0.717) is 11.5 Å². The predicted molar refractivity (Wildman–Crippen MR) is 67.4 cm³/mol. The van der Waals surface area contributed by atoms with Gasteiger partial charge in [-0.1, -0.05) is 0 Å². The third kappa shape index (κ3) is 2.51. The Labute approximate surface area is 105 Å². The Morgan fingerprint density at radius 2 is 2.00 bits per heavy atom. The summed E-state index contributed by atoms with van der Waals surface area (Å²) in [5.74, 6) is 0.149. The maximum absolute atomic E-state index is 12.8. The summed E-state index contributed by atoms with van der Waals surface area (Å²) in [6.45, 7) is 3.97. The number of aryl methyl sites for hydroxylation is 1. The van der Waals surface area contributed by atoms with Gasteiger partial charge in [0.05, 0.1) is 6.20 Å². The van der Waals surface area contributed by atoms with Gasteiger partial charge in [0.2, 0.25) is 0 Å². The number of halogens is 1. The fraction of sp³-hybridized carbons (Fsp3) is 0.308. The summed E-state index contributed by atoms with van der Waals surface area (Å²) < 4.78 is 12.8. The first-order chi connectivity index (χ1) is 8.61. The first kappa shape index (κ1) is 12.6. The molecule has 2 aromatic rings. The zero-order valence-corrected chi connectivity index (χ0v) is 10.6. The maximum Gasteiger partial charge on any atom is 0.178 e. The van der Waals surface area contributed by atoms with Gasteiger partial charge in [0.15, 0.2) is 5.82 Å². The van der Waals surface area contributed by atoms with Crippen LogP contribution in [0.5, 0.6) is 0 Å². The van der Waals surface area contributed by atoms with E-state index in [2.05, 4.69) is 20.3 Å². The summed E-state index contributed by atoms with van der Waals surface area (Å²) in [6, 6.07) is 3.12. The van der Waals surface area contributed by atoms with Crippen LogP contribution in [0.3, 0.4) is 0 Å². The minimum absolute atomic E-state index is 0.195. The van der Waals surface area contributed by atoms with Crippen LogP contribution in [0.4, 0.5) is 4.39 Å². The molecule has 0 radical (unpaired) electrons. The summed E-state index contributed by atoms with van der Waals surface area (Å²) >= 11 is 0.